The highest BCUT2D eigenvalue weighted by molar-refractivity contribution is 5.78. The van der Waals surface area contributed by atoms with E-state index < -0.39 is 11.7 Å². The van der Waals surface area contributed by atoms with Gasteiger partial charge in [-0.15, -0.1) is 0 Å². The third kappa shape index (κ3) is 2.99. The molecule has 0 amide bonds. The number of hydrogen-bond acceptors (Lipinski definition) is 1. The summed E-state index contributed by atoms with van der Waals surface area (Å²) in [6.07, 6.45) is 1.52. The van der Waals surface area contributed by atoms with E-state index in [1.165, 1.54) is 12.1 Å². The third-order valence-corrected chi connectivity index (χ3v) is 4.92. The summed E-state index contributed by atoms with van der Waals surface area (Å²) >= 11 is 0. The molecule has 1 aromatic heterocycles. The van der Waals surface area contributed by atoms with Crippen molar-refractivity contribution in [1.29, 1.82) is 0 Å². The van der Waals surface area contributed by atoms with E-state index in [9.17, 15) is 18.0 Å². The van der Waals surface area contributed by atoms with Crippen molar-refractivity contribution >= 4 is 6.29 Å². The highest BCUT2D eigenvalue weighted by Gasteiger charge is 2.35. The van der Waals surface area contributed by atoms with Gasteiger partial charge in [0.15, 0.2) is 6.29 Å². The lowest BCUT2D eigenvalue weighted by Gasteiger charge is -2.25. The predicted molar refractivity (Wildman–Crippen MR) is 86.7 cm³/mol. The summed E-state index contributed by atoms with van der Waals surface area (Å²) in [5, 5.41) is 0. The summed E-state index contributed by atoms with van der Waals surface area (Å²) in [4.78, 5) is 11.4. The zero-order valence-corrected chi connectivity index (χ0v) is 13.6. The van der Waals surface area contributed by atoms with E-state index >= 15 is 0 Å². The largest absolute Gasteiger partial charge is 0.418 e. The maximum atomic E-state index is 13.4. The Kier molecular flexibility index (Phi) is 4.52. The van der Waals surface area contributed by atoms with Crippen LogP contribution in [-0.4, -0.2) is 10.9 Å². The number of nitrogens with zero attached hydrogens (tertiary/aromatic N) is 1. The van der Waals surface area contributed by atoms with Gasteiger partial charge in [0.05, 0.1) is 11.3 Å². The first-order valence-electron chi connectivity index (χ1n) is 8.27. The summed E-state index contributed by atoms with van der Waals surface area (Å²) in [5.74, 6) is 0.201. The molecule has 2 nitrogen and oxygen atoms in total. The van der Waals surface area contributed by atoms with Crippen LogP contribution in [-0.2, 0) is 6.18 Å². The molecule has 0 spiro atoms. The molecule has 0 atom stereocenters. The Morgan fingerprint density at radius 3 is 2.42 bits per heavy atom. The molecule has 0 saturated heterocycles. The fourth-order valence-electron chi connectivity index (χ4n) is 3.70. The maximum Gasteiger partial charge on any atom is 0.418 e. The molecule has 0 N–H and O–H groups in total. The van der Waals surface area contributed by atoms with Crippen LogP contribution in [0.1, 0.15) is 65.3 Å². The molecule has 3 rings (SSSR count). The first-order valence-corrected chi connectivity index (χ1v) is 8.27. The lowest BCUT2D eigenvalue weighted by Crippen LogP contribution is -2.15. The monoisotopic (exact) mass is 335 g/mol. The van der Waals surface area contributed by atoms with E-state index in [0.717, 1.165) is 50.2 Å². The van der Waals surface area contributed by atoms with Gasteiger partial charge in [0.25, 0.3) is 0 Å². The number of rotatable bonds is 3. The first kappa shape index (κ1) is 16.8. The van der Waals surface area contributed by atoms with E-state index in [-0.39, 0.29) is 11.6 Å². The number of hydrogen-bond donors (Lipinski definition) is 0. The lowest BCUT2D eigenvalue weighted by molar-refractivity contribution is -0.137. The molecule has 0 unspecified atom stereocenters. The highest BCUT2D eigenvalue weighted by Crippen LogP contribution is 2.39. The summed E-state index contributed by atoms with van der Waals surface area (Å²) in [5.41, 5.74) is 1.30. The average Bonchev–Trinajstić information content (AvgIpc) is 2.91. The Morgan fingerprint density at radius 2 is 1.79 bits per heavy atom. The van der Waals surface area contributed by atoms with Crippen LogP contribution in [0.5, 0.6) is 0 Å². The van der Waals surface area contributed by atoms with Crippen LogP contribution in [0, 0.1) is 6.92 Å². The molecule has 0 radical (unpaired) electrons. The van der Waals surface area contributed by atoms with Crippen LogP contribution in [0.4, 0.5) is 13.2 Å². The molecule has 1 aliphatic rings. The Hall–Kier alpha value is -2.04. The van der Waals surface area contributed by atoms with Crippen LogP contribution in [0.25, 0.3) is 5.69 Å². The van der Waals surface area contributed by atoms with Gasteiger partial charge in [0.1, 0.15) is 0 Å². The van der Waals surface area contributed by atoms with E-state index in [2.05, 4.69) is 0 Å². The minimum atomic E-state index is -4.43. The molecule has 1 aromatic carbocycles. The minimum Gasteiger partial charge on any atom is -0.317 e. The number of aldehydes is 1. The van der Waals surface area contributed by atoms with Crippen LogP contribution in [0.3, 0.4) is 0 Å². The fraction of sp³-hybridized carbons (Fsp3) is 0.421. The number of para-hydroxylation sites is 1. The topological polar surface area (TPSA) is 22.0 Å². The molecule has 2 aromatic rings. The summed E-state index contributed by atoms with van der Waals surface area (Å²) in [6.45, 7) is 1.71. The van der Waals surface area contributed by atoms with Crippen molar-refractivity contribution in [3.05, 3.63) is 52.8 Å². The van der Waals surface area contributed by atoms with E-state index in [1.54, 1.807) is 23.6 Å². The second-order valence-corrected chi connectivity index (χ2v) is 6.41. The van der Waals surface area contributed by atoms with Gasteiger partial charge >= 0.3 is 6.18 Å². The summed E-state index contributed by atoms with van der Waals surface area (Å²) in [7, 11) is 0. The number of alkyl halides is 3. The van der Waals surface area contributed by atoms with Crippen molar-refractivity contribution in [3.63, 3.8) is 0 Å². The first-order chi connectivity index (χ1) is 11.4. The fourth-order valence-corrected chi connectivity index (χ4v) is 3.70. The molecule has 1 fully saturated rings. The molecular weight excluding hydrogens is 315 g/mol. The van der Waals surface area contributed by atoms with E-state index in [1.807, 2.05) is 0 Å². The third-order valence-electron chi connectivity index (χ3n) is 4.92. The molecule has 5 heteroatoms. The number of carbonyl (C=O) groups is 1. The number of halogens is 3. The Labute approximate surface area is 139 Å². The second kappa shape index (κ2) is 6.46. The van der Waals surface area contributed by atoms with Gasteiger partial charge in [-0.05, 0) is 43.9 Å². The Balaban J connectivity index is 2.21. The Morgan fingerprint density at radius 1 is 1.12 bits per heavy atom. The smallest absolute Gasteiger partial charge is 0.317 e. The van der Waals surface area contributed by atoms with E-state index in [4.69, 9.17) is 0 Å². The number of benzene rings is 1. The van der Waals surface area contributed by atoms with Gasteiger partial charge in [-0.2, -0.15) is 13.2 Å². The molecule has 24 heavy (non-hydrogen) atoms. The van der Waals surface area contributed by atoms with Crippen LogP contribution < -0.4 is 0 Å². The second-order valence-electron chi connectivity index (χ2n) is 6.41. The quantitative estimate of drug-likeness (QED) is 0.663. The number of carbonyl (C=O) groups excluding carboxylic acids is 1. The van der Waals surface area contributed by atoms with Gasteiger partial charge in [0, 0.05) is 17.0 Å². The molecule has 1 aliphatic carbocycles. The summed E-state index contributed by atoms with van der Waals surface area (Å²) in [6, 6.07) is 7.35. The van der Waals surface area contributed by atoms with Crippen molar-refractivity contribution in [2.45, 2.75) is 51.1 Å². The van der Waals surface area contributed by atoms with Crippen molar-refractivity contribution < 1.29 is 18.0 Å². The zero-order chi connectivity index (χ0) is 17.3. The molecule has 1 saturated carbocycles. The zero-order valence-electron chi connectivity index (χ0n) is 13.6. The molecule has 128 valence electrons. The molecule has 0 bridgehead atoms. The molecule has 1 heterocycles. The number of aromatic nitrogens is 1. The van der Waals surface area contributed by atoms with Gasteiger partial charge in [0.2, 0.25) is 0 Å². The van der Waals surface area contributed by atoms with Crippen LogP contribution >= 0.6 is 0 Å². The molecular formula is C19H20F3NO. The van der Waals surface area contributed by atoms with Crippen molar-refractivity contribution in [2.75, 3.05) is 0 Å². The van der Waals surface area contributed by atoms with Crippen molar-refractivity contribution in [2.24, 2.45) is 0 Å². The lowest BCUT2D eigenvalue weighted by atomic mass is 9.86. The normalized spacial score (nSPS) is 16.3. The molecule has 0 aliphatic heterocycles. The van der Waals surface area contributed by atoms with Crippen molar-refractivity contribution in [1.82, 2.24) is 4.57 Å². The maximum absolute atomic E-state index is 13.4. The highest BCUT2D eigenvalue weighted by atomic mass is 19.4. The Bertz CT molecular complexity index is 740. The van der Waals surface area contributed by atoms with Crippen LogP contribution in [0.15, 0.2) is 30.3 Å². The summed E-state index contributed by atoms with van der Waals surface area (Å²) < 4.78 is 42.0. The van der Waals surface area contributed by atoms with Crippen LogP contribution in [0.2, 0.25) is 0 Å². The average molecular weight is 335 g/mol. The SMILES string of the molecule is Cc1c(C=O)cc(C2CCCCC2)n1-c1ccccc1C(F)(F)F. The standard InChI is InChI=1S/C19H20F3NO/c1-13-15(12-24)11-18(14-7-3-2-4-8-14)23(13)17-10-6-5-9-16(17)19(20,21)22/h5-6,9-12,14H,2-4,7-8H2,1H3. The van der Waals surface area contributed by atoms with Gasteiger partial charge in [-0.1, -0.05) is 31.4 Å². The minimum absolute atomic E-state index is 0.108. The van der Waals surface area contributed by atoms with Crippen molar-refractivity contribution in [3.8, 4) is 5.69 Å². The van der Waals surface area contributed by atoms with E-state index in [0.29, 0.717) is 11.3 Å². The van der Waals surface area contributed by atoms with Gasteiger partial charge in [-0.3, -0.25) is 4.79 Å². The van der Waals surface area contributed by atoms with Gasteiger partial charge < -0.3 is 4.57 Å². The predicted octanol–water partition coefficient (Wildman–Crippen LogP) is 5.66. The van der Waals surface area contributed by atoms with Gasteiger partial charge in [-0.25, -0.2) is 0 Å².